The summed E-state index contributed by atoms with van der Waals surface area (Å²) in [5.74, 6) is 2.10. The topological polar surface area (TPSA) is 54.4 Å². The van der Waals surface area contributed by atoms with Gasteiger partial charge in [-0.3, -0.25) is 9.59 Å². The summed E-state index contributed by atoms with van der Waals surface area (Å²) < 4.78 is 0. The predicted molar refractivity (Wildman–Crippen MR) is 189 cm³/mol. The Kier molecular flexibility index (Phi) is 10.6. The minimum absolute atomic E-state index is 0.0279. The lowest BCUT2D eigenvalue weighted by Gasteiger charge is -2.72. The van der Waals surface area contributed by atoms with Crippen molar-refractivity contribution >= 4 is 11.6 Å². The monoisotopic (exact) mass is 623 g/mol. The molecule has 0 bridgehead atoms. The Morgan fingerprint density at radius 1 is 1.00 bits per heavy atom. The van der Waals surface area contributed by atoms with Crippen LogP contribution < -0.4 is 0 Å². The number of fused-ring (bicyclic) bond motifs is 3. The molecule has 6 unspecified atom stereocenters. The van der Waals surface area contributed by atoms with Crippen molar-refractivity contribution in [3.63, 3.8) is 0 Å². The van der Waals surface area contributed by atoms with E-state index in [0.717, 1.165) is 37.7 Å². The Hall–Kier alpha value is -1.22. The molecule has 0 aromatic carbocycles. The van der Waals surface area contributed by atoms with Crippen LogP contribution in [0.1, 0.15) is 154 Å². The molecule has 0 aliphatic heterocycles. The molecule has 4 aliphatic rings. The van der Waals surface area contributed by atoms with Crippen molar-refractivity contribution < 1.29 is 14.7 Å². The Balaban J connectivity index is 1.79. The van der Waals surface area contributed by atoms with Gasteiger partial charge in [0.05, 0.1) is 6.10 Å². The maximum Gasteiger partial charge on any atom is 0.161 e. The van der Waals surface area contributed by atoms with E-state index < -0.39 is 11.5 Å². The van der Waals surface area contributed by atoms with Gasteiger partial charge in [-0.05, 0) is 84.4 Å². The molecule has 256 valence electrons. The highest BCUT2D eigenvalue weighted by atomic mass is 16.3. The largest absolute Gasteiger partial charge is 0.388 e. The quantitative estimate of drug-likeness (QED) is 0.195. The lowest BCUT2D eigenvalue weighted by molar-refractivity contribution is -0.231. The molecule has 0 aromatic heterocycles. The number of aliphatic hydroxyl groups excluding tert-OH is 1. The van der Waals surface area contributed by atoms with Crippen molar-refractivity contribution in [3.8, 4) is 0 Å². The Morgan fingerprint density at radius 3 is 2.16 bits per heavy atom. The normalized spacial score (nSPS) is 41.8. The smallest absolute Gasteiger partial charge is 0.161 e. The van der Waals surface area contributed by atoms with E-state index >= 15 is 4.79 Å². The van der Waals surface area contributed by atoms with Gasteiger partial charge in [0.25, 0.3) is 0 Å². The third-order valence-corrected chi connectivity index (χ3v) is 14.8. The van der Waals surface area contributed by atoms with Crippen LogP contribution in [0.4, 0.5) is 0 Å². The molecule has 4 aliphatic carbocycles. The summed E-state index contributed by atoms with van der Waals surface area (Å²) >= 11 is 0. The molecule has 0 aromatic rings. The molecule has 45 heavy (non-hydrogen) atoms. The summed E-state index contributed by atoms with van der Waals surface area (Å²) in [6, 6.07) is 0. The van der Waals surface area contributed by atoms with E-state index in [1.807, 2.05) is 0 Å². The van der Waals surface area contributed by atoms with E-state index in [0.29, 0.717) is 35.5 Å². The van der Waals surface area contributed by atoms with Gasteiger partial charge in [-0.15, -0.1) is 0 Å². The van der Waals surface area contributed by atoms with Crippen LogP contribution in [-0.2, 0) is 9.59 Å². The molecule has 2 fully saturated rings. The fraction of sp³-hybridized carbons (Fsp3) is 0.857. The average Bonchev–Trinajstić information content (AvgIpc) is 2.94. The van der Waals surface area contributed by atoms with E-state index in [1.54, 1.807) is 0 Å². The van der Waals surface area contributed by atoms with Crippen LogP contribution in [0, 0.1) is 69.0 Å². The van der Waals surface area contributed by atoms with Gasteiger partial charge in [0.2, 0.25) is 0 Å². The summed E-state index contributed by atoms with van der Waals surface area (Å²) in [5.41, 5.74) is 2.38. The van der Waals surface area contributed by atoms with Crippen LogP contribution in [0.3, 0.4) is 0 Å². The zero-order valence-electron chi connectivity index (χ0n) is 31.6. The fourth-order valence-electron chi connectivity index (χ4n) is 12.5. The fourth-order valence-corrected chi connectivity index (χ4v) is 12.5. The van der Waals surface area contributed by atoms with E-state index in [4.69, 9.17) is 0 Å². The van der Waals surface area contributed by atoms with Gasteiger partial charge >= 0.3 is 0 Å². The minimum atomic E-state index is -0.844. The number of Topliss-reactive ketones (excluding diaryl/α,β-unsaturated/α-hetero) is 2. The zero-order valence-corrected chi connectivity index (χ0v) is 31.6. The van der Waals surface area contributed by atoms with Crippen molar-refractivity contribution in [1.82, 2.24) is 0 Å². The first-order valence-electron chi connectivity index (χ1n) is 19.0. The molecule has 11 atom stereocenters. The highest BCUT2D eigenvalue weighted by molar-refractivity contribution is 5.97. The summed E-state index contributed by atoms with van der Waals surface area (Å²) in [7, 11) is 0. The highest BCUT2D eigenvalue weighted by Gasteiger charge is 2.72. The summed E-state index contributed by atoms with van der Waals surface area (Å²) in [6.07, 6.45) is 12.0. The van der Waals surface area contributed by atoms with Crippen molar-refractivity contribution in [1.29, 1.82) is 0 Å². The van der Waals surface area contributed by atoms with Crippen LogP contribution in [0.5, 0.6) is 0 Å². The zero-order chi connectivity index (χ0) is 33.9. The second-order valence-corrected chi connectivity index (χ2v) is 18.4. The van der Waals surface area contributed by atoms with Crippen LogP contribution in [-0.4, -0.2) is 22.8 Å². The molecule has 0 radical (unpaired) electrons. The maximum atomic E-state index is 15.2. The minimum Gasteiger partial charge on any atom is -0.388 e. The molecule has 4 rings (SSSR count). The molecular formula is C42H70O3. The molecule has 2 saturated carbocycles. The lowest BCUT2D eigenvalue weighted by Crippen LogP contribution is -2.71. The number of ketones is 2. The van der Waals surface area contributed by atoms with Crippen LogP contribution in [0.15, 0.2) is 22.8 Å². The first kappa shape index (κ1) is 36.6. The van der Waals surface area contributed by atoms with Crippen molar-refractivity contribution in [3.05, 3.63) is 22.8 Å². The van der Waals surface area contributed by atoms with Crippen LogP contribution in [0.2, 0.25) is 0 Å². The van der Waals surface area contributed by atoms with Crippen molar-refractivity contribution in [2.24, 2.45) is 69.0 Å². The number of carbonyl (C=O) groups excluding carboxylic acids is 2. The maximum absolute atomic E-state index is 15.2. The molecule has 0 spiro atoms. The lowest BCUT2D eigenvalue weighted by atomic mass is 9.32. The second-order valence-electron chi connectivity index (χ2n) is 18.4. The summed E-state index contributed by atoms with van der Waals surface area (Å²) in [5, 5.41) is 12.6. The van der Waals surface area contributed by atoms with Crippen LogP contribution in [0.25, 0.3) is 0 Å². The average molecular weight is 623 g/mol. The Bertz CT molecular complexity index is 1180. The first-order chi connectivity index (χ1) is 20.9. The second kappa shape index (κ2) is 13.0. The highest BCUT2D eigenvalue weighted by Crippen LogP contribution is 2.74. The van der Waals surface area contributed by atoms with E-state index in [9.17, 15) is 9.90 Å². The standard InChI is InChI=1S/C42H70O3/c1-14-16-17-18-19-20-21-32(43)33-26(5)35(25(3)4)41(12)24-40(11)27(6)30-22-23-31(39(8,9)10)29(15-2)34(30)37(44)36(40)28(7)42(41,13)38(33)45/h23,25,27-30,34-36,38,45H,14-22,24H2,1-13H3/t27-,28?,29?,30?,34?,35+,36?,38?,40+,41-,42+/m1/s1. The molecule has 0 heterocycles. The molecule has 3 heteroatoms. The molecule has 0 amide bonds. The number of aliphatic hydroxyl groups is 1. The molecule has 1 N–H and O–H groups in total. The van der Waals surface area contributed by atoms with E-state index in [2.05, 4.69) is 96.1 Å². The van der Waals surface area contributed by atoms with Gasteiger partial charge in [-0.25, -0.2) is 0 Å². The third kappa shape index (κ3) is 5.59. The van der Waals surface area contributed by atoms with Gasteiger partial charge in [-0.1, -0.05) is 132 Å². The van der Waals surface area contributed by atoms with Gasteiger partial charge in [0.1, 0.15) is 5.78 Å². The van der Waals surface area contributed by atoms with Gasteiger partial charge in [0.15, 0.2) is 5.78 Å². The first-order valence-corrected chi connectivity index (χ1v) is 19.0. The van der Waals surface area contributed by atoms with Crippen molar-refractivity contribution in [2.45, 2.75) is 160 Å². The Morgan fingerprint density at radius 2 is 1.60 bits per heavy atom. The number of carbonyl (C=O) groups is 2. The molecule has 3 nitrogen and oxygen atoms in total. The van der Waals surface area contributed by atoms with E-state index in [-0.39, 0.29) is 51.6 Å². The number of allylic oxidation sites excluding steroid dienone is 3. The number of hydrogen-bond donors (Lipinski definition) is 1. The SMILES string of the molecule is CCCCCCCCC(=O)C1=C(C)[C@H](C(C)C)[C@@]2(C)C[C@]3(C)C(C(=O)C4C(CC)C(C(C)(C)C)=CCC4[C@H]3C)C(C)[C@@]2(C)C1O. The summed E-state index contributed by atoms with van der Waals surface area (Å²) in [4.78, 5) is 29.3. The van der Waals surface area contributed by atoms with Gasteiger partial charge < -0.3 is 5.11 Å². The van der Waals surface area contributed by atoms with Crippen molar-refractivity contribution in [2.75, 3.05) is 0 Å². The number of unbranched alkanes of at least 4 members (excludes halogenated alkanes) is 5. The predicted octanol–water partition coefficient (Wildman–Crippen LogP) is 10.8. The molecule has 0 saturated heterocycles. The number of hydrogen-bond acceptors (Lipinski definition) is 3. The van der Waals surface area contributed by atoms with Gasteiger partial charge in [0, 0.05) is 29.2 Å². The van der Waals surface area contributed by atoms with Crippen LogP contribution >= 0.6 is 0 Å². The third-order valence-electron chi connectivity index (χ3n) is 14.8. The summed E-state index contributed by atoms with van der Waals surface area (Å²) in [6.45, 7) is 30.1. The molecular weight excluding hydrogens is 552 g/mol. The van der Waals surface area contributed by atoms with E-state index in [1.165, 1.54) is 31.3 Å². The van der Waals surface area contributed by atoms with Gasteiger partial charge in [-0.2, -0.15) is 0 Å². The Labute approximate surface area is 277 Å². The number of rotatable bonds is 10.